The number of carboxylic acid groups (broad SMARTS) is 1. The summed E-state index contributed by atoms with van der Waals surface area (Å²) < 4.78 is 36.4. The molecule has 0 bridgehead atoms. The lowest BCUT2D eigenvalue weighted by Gasteiger charge is -2.17. The van der Waals surface area contributed by atoms with Crippen LogP contribution in [0.4, 0.5) is 13.2 Å². The Morgan fingerprint density at radius 1 is 1.35 bits per heavy atom. The Labute approximate surface area is 96.4 Å². The second-order valence-electron chi connectivity index (χ2n) is 4.19. The second kappa shape index (κ2) is 5.37. The van der Waals surface area contributed by atoms with E-state index in [1.54, 1.807) is 0 Å². The molecular formula is C10H14F3NO3. The van der Waals surface area contributed by atoms with E-state index in [0.717, 1.165) is 4.90 Å². The average Bonchev–Trinajstić information content (AvgIpc) is 2.63. The number of carbonyl (C=O) groups is 2. The van der Waals surface area contributed by atoms with Crippen LogP contribution in [0.15, 0.2) is 0 Å². The number of hydrogen-bond acceptors (Lipinski definition) is 2. The van der Waals surface area contributed by atoms with Crippen molar-refractivity contribution >= 4 is 11.9 Å². The highest BCUT2D eigenvalue weighted by Gasteiger charge is 2.44. The lowest BCUT2D eigenvalue weighted by molar-refractivity contribution is -0.184. The standard InChI is InChI=1S/C10H14F3NO3/c11-10(12,13)9(17)14-5-4-7(6-14)2-1-3-8(15)16/h7H,1-6H2,(H,15,16). The van der Waals surface area contributed by atoms with Crippen LogP contribution in [-0.4, -0.2) is 41.1 Å². The molecule has 0 saturated carbocycles. The van der Waals surface area contributed by atoms with Crippen LogP contribution in [-0.2, 0) is 9.59 Å². The van der Waals surface area contributed by atoms with E-state index in [2.05, 4.69) is 0 Å². The van der Waals surface area contributed by atoms with Crippen LogP contribution in [0.1, 0.15) is 25.7 Å². The fraction of sp³-hybridized carbons (Fsp3) is 0.800. The van der Waals surface area contributed by atoms with Crippen molar-refractivity contribution in [3.63, 3.8) is 0 Å². The fourth-order valence-corrected chi connectivity index (χ4v) is 1.97. The van der Waals surface area contributed by atoms with Gasteiger partial charge in [0.1, 0.15) is 0 Å². The van der Waals surface area contributed by atoms with Crippen molar-refractivity contribution < 1.29 is 27.9 Å². The van der Waals surface area contributed by atoms with E-state index in [1.807, 2.05) is 0 Å². The number of carboxylic acids is 1. The molecule has 0 radical (unpaired) electrons. The summed E-state index contributed by atoms with van der Waals surface area (Å²) >= 11 is 0. The van der Waals surface area contributed by atoms with Gasteiger partial charge in [0.15, 0.2) is 0 Å². The highest BCUT2D eigenvalue weighted by molar-refractivity contribution is 5.82. The normalized spacial score (nSPS) is 20.6. The number of amides is 1. The van der Waals surface area contributed by atoms with Gasteiger partial charge < -0.3 is 10.0 Å². The first-order valence-corrected chi connectivity index (χ1v) is 5.38. The first-order chi connectivity index (χ1) is 7.80. The van der Waals surface area contributed by atoms with Crippen molar-refractivity contribution in [2.24, 2.45) is 5.92 Å². The average molecular weight is 253 g/mol. The summed E-state index contributed by atoms with van der Waals surface area (Å²) in [5.74, 6) is -2.72. The minimum Gasteiger partial charge on any atom is -0.481 e. The van der Waals surface area contributed by atoms with Gasteiger partial charge in [-0.3, -0.25) is 9.59 Å². The zero-order valence-electron chi connectivity index (χ0n) is 9.16. The number of alkyl halides is 3. The molecule has 1 heterocycles. The number of nitrogens with zero attached hydrogens (tertiary/aromatic N) is 1. The van der Waals surface area contributed by atoms with Gasteiger partial charge in [-0.1, -0.05) is 0 Å². The molecule has 0 aromatic carbocycles. The molecule has 0 aliphatic carbocycles. The number of carbonyl (C=O) groups excluding carboxylic acids is 1. The maximum Gasteiger partial charge on any atom is 0.471 e. The van der Waals surface area contributed by atoms with Gasteiger partial charge in [-0.2, -0.15) is 13.2 Å². The molecule has 1 unspecified atom stereocenters. The predicted molar refractivity (Wildman–Crippen MR) is 52.2 cm³/mol. The third kappa shape index (κ3) is 4.24. The highest BCUT2D eigenvalue weighted by Crippen LogP contribution is 2.26. The van der Waals surface area contributed by atoms with E-state index in [1.165, 1.54) is 0 Å². The summed E-state index contributed by atoms with van der Waals surface area (Å²) in [4.78, 5) is 22.0. The van der Waals surface area contributed by atoms with Gasteiger partial charge in [0, 0.05) is 19.5 Å². The number of hydrogen-bond donors (Lipinski definition) is 1. The molecular weight excluding hydrogens is 239 g/mol. The van der Waals surface area contributed by atoms with Crippen LogP contribution in [0.25, 0.3) is 0 Å². The van der Waals surface area contributed by atoms with E-state index in [-0.39, 0.29) is 25.4 Å². The Hall–Kier alpha value is -1.27. The largest absolute Gasteiger partial charge is 0.481 e. The Bertz CT molecular complexity index is 304. The first kappa shape index (κ1) is 13.8. The third-order valence-corrected chi connectivity index (χ3v) is 2.82. The van der Waals surface area contributed by atoms with Crippen molar-refractivity contribution in [2.45, 2.75) is 31.9 Å². The number of likely N-dealkylation sites (tertiary alicyclic amines) is 1. The molecule has 0 aromatic heterocycles. The van der Waals surface area contributed by atoms with Crippen LogP contribution in [0.5, 0.6) is 0 Å². The summed E-state index contributed by atoms with van der Waals surface area (Å²) in [6, 6.07) is 0. The Balaban J connectivity index is 2.32. The molecule has 1 aliphatic heterocycles. The van der Waals surface area contributed by atoms with Gasteiger partial charge >= 0.3 is 18.1 Å². The summed E-state index contributed by atoms with van der Waals surface area (Å²) in [6.07, 6.45) is -3.29. The lowest BCUT2D eigenvalue weighted by Crippen LogP contribution is -2.39. The van der Waals surface area contributed by atoms with Crippen LogP contribution in [0, 0.1) is 5.92 Å². The molecule has 1 saturated heterocycles. The van der Waals surface area contributed by atoms with E-state index < -0.39 is 18.1 Å². The molecule has 1 aliphatic rings. The monoisotopic (exact) mass is 253 g/mol. The molecule has 4 nitrogen and oxygen atoms in total. The summed E-state index contributed by atoms with van der Waals surface area (Å²) in [5, 5.41) is 8.42. The maximum atomic E-state index is 12.1. The number of aliphatic carboxylic acids is 1. The molecule has 17 heavy (non-hydrogen) atoms. The van der Waals surface area contributed by atoms with E-state index in [4.69, 9.17) is 5.11 Å². The molecule has 1 atom stereocenters. The van der Waals surface area contributed by atoms with Crippen LogP contribution in [0.2, 0.25) is 0 Å². The Morgan fingerprint density at radius 2 is 2.00 bits per heavy atom. The lowest BCUT2D eigenvalue weighted by atomic mass is 10.0. The maximum absolute atomic E-state index is 12.1. The molecule has 1 fully saturated rings. The van der Waals surface area contributed by atoms with Gasteiger partial charge in [-0.15, -0.1) is 0 Å². The first-order valence-electron chi connectivity index (χ1n) is 5.38. The van der Waals surface area contributed by atoms with Gasteiger partial charge in [0.2, 0.25) is 0 Å². The SMILES string of the molecule is O=C(O)CCCC1CCN(C(=O)C(F)(F)F)C1. The minimum absolute atomic E-state index is 0.0133. The molecule has 1 N–H and O–H groups in total. The number of halogens is 3. The van der Waals surface area contributed by atoms with Crippen molar-refractivity contribution in [1.29, 1.82) is 0 Å². The van der Waals surface area contributed by atoms with Crippen molar-refractivity contribution in [1.82, 2.24) is 4.90 Å². The zero-order valence-corrected chi connectivity index (χ0v) is 9.16. The molecule has 1 amide bonds. The minimum atomic E-state index is -4.81. The van der Waals surface area contributed by atoms with Crippen LogP contribution in [0.3, 0.4) is 0 Å². The quantitative estimate of drug-likeness (QED) is 0.828. The van der Waals surface area contributed by atoms with Gasteiger partial charge in [0.05, 0.1) is 0 Å². The molecule has 0 aromatic rings. The second-order valence-corrected chi connectivity index (χ2v) is 4.19. The summed E-state index contributed by atoms with van der Waals surface area (Å²) in [6.45, 7) is 0.189. The molecule has 98 valence electrons. The highest BCUT2D eigenvalue weighted by atomic mass is 19.4. The van der Waals surface area contributed by atoms with E-state index in [0.29, 0.717) is 19.3 Å². The molecule has 1 rings (SSSR count). The van der Waals surface area contributed by atoms with E-state index >= 15 is 0 Å². The van der Waals surface area contributed by atoms with Crippen LogP contribution < -0.4 is 0 Å². The Kier molecular flexibility index (Phi) is 4.36. The molecule has 7 heteroatoms. The fourth-order valence-electron chi connectivity index (χ4n) is 1.97. The van der Waals surface area contributed by atoms with Crippen LogP contribution >= 0.6 is 0 Å². The van der Waals surface area contributed by atoms with Crippen molar-refractivity contribution in [3.8, 4) is 0 Å². The summed E-state index contributed by atoms with van der Waals surface area (Å²) in [7, 11) is 0. The Morgan fingerprint density at radius 3 is 2.53 bits per heavy atom. The third-order valence-electron chi connectivity index (χ3n) is 2.82. The zero-order chi connectivity index (χ0) is 13.1. The van der Waals surface area contributed by atoms with Gasteiger partial charge in [-0.25, -0.2) is 0 Å². The predicted octanol–water partition coefficient (Wildman–Crippen LogP) is 1.65. The van der Waals surface area contributed by atoms with Gasteiger partial charge in [-0.05, 0) is 25.2 Å². The molecule has 0 spiro atoms. The van der Waals surface area contributed by atoms with Crippen molar-refractivity contribution in [2.75, 3.05) is 13.1 Å². The van der Waals surface area contributed by atoms with Gasteiger partial charge in [0.25, 0.3) is 0 Å². The number of rotatable bonds is 4. The topological polar surface area (TPSA) is 57.6 Å². The summed E-state index contributed by atoms with van der Waals surface area (Å²) in [5.41, 5.74) is 0. The van der Waals surface area contributed by atoms with E-state index in [9.17, 15) is 22.8 Å². The van der Waals surface area contributed by atoms with Crippen molar-refractivity contribution in [3.05, 3.63) is 0 Å². The smallest absolute Gasteiger partial charge is 0.471 e.